The van der Waals surface area contributed by atoms with Crippen molar-refractivity contribution < 1.29 is 9.21 Å². The first kappa shape index (κ1) is 9.46. The Hall–Kier alpha value is -1.09. The van der Waals surface area contributed by atoms with E-state index >= 15 is 0 Å². The monoisotopic (exact) mass is 252 g/mol. The summed E-state index contributed by atoms with van der Waals surface area (Å²) in [4.78, 5) is 11.4. The van der Waals surface area contributed by atoms with Crippen molar-refractivity contribution in [1.82, 2.24) is 0 Å². The average Bonchev–Trinajstić information content (AvgIpc) is 2.43. The summed E-state index contributed by atoms with van der Waals surface area (Å²) in [5.74, 6) is 0.831. The van der Waals surface area contributed by atoms with E-state index in [9.17, 15) is 4.79 Å². The van der Waals surface area contributed by atoms with Crippen LogP contribution in [0.3, 0.4) is 0 Å². The molecule has 2 aromatic rings. The molecule has 0 N–H and O–H groups in total. The summed E-state index contributed by atoms with van der Waals surface area (Å²) < 4.78 is 6.27. The van der Waals surface area contributed by atoms with Gasteiger partial charge >= 0.3 is 0 Å². The van der Waals surface area contributed by atoms with Crippen LogP contribution in [0.25, 0.3) is 11.0 Å². The molecule has 0 aliphatic heterocycles. The van der Waals surface area contributed by atoms with Crippen LogP contribution >= 0.6 is 15.9 Å². The van der Waals surface area contributed by atoms with Crippen LogP contribution in [0, 0.1) is 6.92 Å². The van der Waals surface area contributed by atoms with E-state index in [0.717, 1.165) is 15.6 Å². The molecule has 0 fully saturated rings. The second-order valence-corrected chi connectivity index (χ2v) is 4.11. The van der Waals surface area contributed by atoms with Gasteiger partial charge in [-0.1, -0.05) is 0 Å². The average molecular weight is 253 g/mol. The van der Waals surface area contributed by atoms with Crippen molar-refractivity contribution in [2.24, 2.45) is 0 Å². The van der Waals surface area contributed by atoms with Gasteiger partial charge in [0.1, 0.15) is 11.3 Å². The normalized spacial score (nSPS) is 10.8. The fourth-order valence-corrected chi connectivity index (χ4v) is 2.13. The van der Waals surface area contributed by atoms with Gasteiger partial charge in [-0.15, -0.1) is 0 Å². The largest absolute Gasteiger partial charge is 0.461 e. The number of furan rings is 1. The van der Waals surface area contributed by atoms with Crippen molar-refractivity contribution in [1.29, 1.82) is 0 Å². The zero-order valence-electron chi connectivity index (χ0n) is 7.93. The number of Topliss-reactive ketones (excluding diaryl/α,β-unsaturated/α-hetero) is 1. The van der Waals surface area contributed by atoms with Gasteiger partial charge < -0.3 is 4.42 Å². The topological polar surface area (TPSA) is 30.2 Å². The van der Waals surface area contributed by atoms with E-state index < -0.39 is 0 Å². The molecule has 0 bridgehead atoms. The summed E-state index contributed by atoms with van der Waals surface area (Å²) in [7, 11) is 0. The van der Waals surface area contributed by atoms with Crippen molar-refractivity contribution in [2.75, 3.05) is 0 Å². The van der Waals surface area contributed by atoms with E-state index in [1.54, 1.807) is 0 Å². The molecule has 1 aromatic carbocycles. The Bertz CT molecular complexity index is 511. The van der Waals surface area contributed by atoms with Gasteiger partial charge in [-0.3, -0.25) is 4.79 Å². The van der Waals surface area contributed by atoms with Gasteiger partial charge in [-0.05, 0) is 48.0 Å². The summed E-state index contributed by atoms with van der Waals surface area (Å²) >= 11 is 3.35. The van der Waals surface area contributed by atoms with Gasteiger partial charge in [0.15, 0.2) is 5.78 Å². The molecule has 1 aromatic heterocycles. The molecule has 0 saturated heterocycles. The van der Waals surface area contributed by atoms with Crippen LogP contribution in [-0.2, 0) is 0 Å². The van der Waals surface area contributed by atoms with Crippen molar-refractivity contribution in [3.63, 3.8) is 0 Å². The van der Waals surface area contributed by atoms with Gasteiger partial charge in [0.25, 0.3) is 0 Å². The highest BCUT2D eigenvalue weighted by Gasteiger charge is 2.13. The summed E-state index contributed by atoms with van der Waals surface area (Å²) in [6.07, 6.45) is 0. The first-order valence-electron chi connectivity index (χ1n) is 4.29. The van der Waals surface area contributed by atoms with Crippen LogP contribution in [0.2, 0.25) is 0 Å². The number of carbonyl (C=O) groups is 1. The summed E-state index contributed by atoms with van der Waals surface area (Å²) in [6.45, 7) is 3.41. The summed E-state index contributed by atoms with van der Waals surface area (Å²) in [5.41, 5.74) is 1.29. The molecular formula is C11H9BrO2. The molecule has 14 heavy (non-hydrogen) atoms. The predicted molar refractivity (Wildman–Crippen MR) is 58.7 cm³/mol. The lowest BCUT2D eigenvalue weighted by atomic mass is 10.1. The van der Waals surface area contributed by atoms with Crippen molar-refractivity contribution in [2.45, 2.75) is 13.8 Å². The number of aryl methyl sites for hydroxylation is 1. The molecule has 0 aliphatic rings. The summed E-state index contributed by atoms with van der Waals surface area (Å²) in [5, 5.41) is 0.968. The van der Waals surface area contributed by atoms with E-state index in [0.29, 0.717) is 11.1 Å². The first-order chi connectivity index (χ1) is 6.59. The molecular weight excluding hydrogens is 244 g/mol. The number of rotatable bonds is 1. The fourth-order valence-electron chi connectivity index (χ4n) is 1.54. The molecule has 0 aliphatic carbocycles. The number of hydrogen-bond acceptors (Lipinski definition) is 2. The van der Waals surface area contributed by atoms with Crippen LogP contribution in [0.5, 0.6) is 0 Å². The molecule has 0 spiro atoms. The highest BCUT2D eigenvalue weighted by molar-refractivity contribution is 9.10. The van der Waals surface area contributed by atoms with Crippen LogP contribution in [0.1, 0.15) is 23.0 Å². The molecule has 0 unspecified atom stereocenters. The quantitative estimate of drug-likeness (QED) is 0.725. The smallest absolute Gasteiger partial charge is 0.164 e. The van der Waals surface area contributed by atoms with Gasteiger partial charge in [-0.2, -0.15) is 0 Å². The molecule has 3 heteroatoms. The maximum Gasteiger partial charge on any atom is 0.164 e. The molecule has 0 amide bonds. The third kappa shape index (κ3) is 1.38. The molecule has 0 radical (unpaired) electrons. The molecule has 0 atom stereocenters. The first-order valence-corrected chi connectivity index (χ1v) is 5.08. The maximum absolute atomic E-state index is 11.4. The number of carbonyl (C=O) groups excluding carboxylic acids is 1. The third-order valence-electron chi connectivity index (χ3n) is 2.11. The minimum atomic E-state index is 0.0109. The predicted octanol–water partition coefficient (Wildman–Crippen LogP) is 3.71. The summed E-state index contributed by atoms with van der Waals surface area (Å²) in [6, 6.07) is 5.73. The molecule has 2 rings (SSSR count). The van der Waals surface area contributed by atoms with Gasteiger partial charge in [-0.25, -0.2) is 0 Å². The fraction of sp³-hybridized carbons (Fsp3) is 0.182. The van der Waals surface area contributed by atoms with Crippen LogP contribution in [-0.4, -0.2) is 5.78 Å². The van der Waals surface area contributed by atoms with Gasteiger partial charge in [0.2, 0.25) is 0 Å². The van der Waals surface area contributed by atoms with E-state index in [1.165, 1.54) is 6.92 Å². The standard InChI is InChI=1S/C11H9BrO2/c1-6-5-8-3-4-9(12)10(7(2)13)11(8)14-6/h3-5H,1-2H3. The van der Waals surface area contributed by atoms with E-state index in [4.69, 9.17) is 4.42 Å². The number of benzene rings is 1. The van der Waals surface area contributed by atoms with Crippen LogP contribution < -0.4 is 0 Å². The third-order valence-corrected chi connectivity index (χ3v) is 2.77. The van der Waals surface area contributed by atoms with Crippen LogP contribution in [0.4, 0.5) is 0 Å². The van der Waals surface area contributed by atoms with E-state index in [-0.39, 0.29) is 5.78 Å². The Morgan fingerprint density at radius 3 is 2.79 bits per heavy atom. The highest BCUT2D eigenvalue weighted by atomic mass is 79.9. The molecule has 72 valence electrons. The van der Waals surface area contributed by atoms with E-state index in [2.05, 4.69) is 15.9 Å². The zero-order valence-corrected chi connectivity index (χ0v) is 9.51. The van der Waals surface area contributed by atoms with Crippen molar-refractivity contribution in [3.05, 3.63) is 34.0 Å². The number of halogens is 1. The van der Waals surface area contributed by atoms with Crippen molar-refractivity contribution in [3.8, 4) is 0 Å². The number of fused-ring (bicyclic) bond motifs is 1. The lowest BCUT2D eigenvalue weighted by Crippen LogP contribution is -1.93. The Labute approximate surface area is 90.0 Å². The Kier molecular flexibility index (Phi) is 2.19. The maximum atomic E-state index is 11.4. The molecule has 1 heterocycles. The number of hydrogen-bond donors (Lipinski definition) is 0. The lowest BCUT2D eigenvalue weighted by molar-refractivity contribution is 0.101. The van der Waals surface area contributed by atoms with Crippen molar-refractivity contribution >= 4 is 32.7 Å². The van der Waals surface area contributed by atoms with Gasteiger partial charge in [0, 0.05) is 9.86 Å². The Morgan fingerprint density at radius 1 is 1.43 bits per heavy atom. The minimum Gasteiger partial charge on any atom is -0.461 e. The SMILES string of the molecule is CC(=O)c1c(Br)ccc2cc(C)oc12. The van der Waals surface area contributed by atoms with E-state index in [1.807, 2.05) is 25.1 Å². The zero-order chi connectivity index (χ0) is 10.3. The second kappa shape index (κ2) is 3.24. The molecule has 2 nitrogen and oxygen atoms in total. The minimum absolute atomic E-state index is 0.0109. The highest BCUT2D eigenvalue weighted by Crippen LogP contribution is 2.29. The van der Waals surface area contributed by atoms with Crippen LogP contribution in [0.15, 0.2) is 27.1 Å². The lowest BCUT2D eigenvalue weighted by Gasteiger charge is -1.99. The number of ketones is 1. The second-order valence-electron chi connectivity index (χ2n) is 3.25. The Morgan fingerprint density at radius 2 is 2.14 bits per heavy atom. The van der Waals surface area contributed by atoms with Gasteiger partial charge in [0.05, 0.1) is 5.56 Å². The molecule has 0 saturated carbocycles. The Balaban J connectivity index is 2.88.